The largest absolute Gasteiger partial charge is 0.264 e. The number of hydrogen-bond donors (Lipinski definition) is 0. The smallest absolute Gasteiger partial charge is 0.217 e. The molecule has 0 N–H and O–H groups in total. The van der Waals surface area contributed by atoms with Crippen molar-refractivity contribution in [2.45, 2.75) is 78.7 Å². The van der Waals surface area contributed by atoms with Gasteiger partial charge in [0.1, 0.15) is 0 Å². The number of hydrogen-bond acceptors (Lipinski definition) is 2. The molecule has 0 aliphatic heterocycles. The summed E-state index contributed by atoms with van der Waals surface area (Å²) in [5.41, 5.74) is -0.777. The van der Waals surface area contributed by atoms with Crippen molar-refractivity contribution in [2.75, 3.05) is 0 Å². The SMILES string of the molecule is CCCCC(CC(C)(C)[N+](=O)[O-])C(CC)CC. The van der Waals surface area contributed by atoms with Crippen molar-refractivity contribution in [3.63, 3.8) is 0 Å². The monoisotopic (exact) mass is 243 g/mol. The van der Waals surface area contributed by atoms with Crippen LogP contribution in [0.2, 0.25) is 0 Å². The van der Waals surface area contributed by atoms with Gasteiger partial charge >= 0.3 is 0 Å². The van der Waals surface area contributed by atoms with Crippen LogP contribution in [0, 0.1) is 22.0 Å². The number of unbranched alkanes of at least 4 members (excludes halogenated alkanes) is 1. The summed E-state index contributed by atoms with van der Waals surface area (Å²) in [5, 5.41) is 11.0. The van der Waals surface area contributed by atoms with E-state index in [0.29, 0.717) is 18.3 Å². The predicted molar refractivity (Wildman–Crippen MR) is 72.8 cm³/mol. The van der Waals surface area contributed by atoms with Crippen molar-refractivity contribution in [2.24, 2.45) is 11.8 Å². The Balaban J connectivity index is 4.62. The zero-order valence-electron chi connectivity index (χ0n) is 12.2. The molecule has 3 heteroatoms. The van der Waals surface area contributed by atoms with Crippen LogP contribution in [0.1, 0.15) is 73.1 Å². The van der Waals surface area contributed by atoms with Crippen LogP contribution in [-0.2, 0) is 0 Å². The van der Waals surface area contributed by atoms with Gasteiger partial charge in [-0.1, -0.05) is 46.5 Å². The number of nitrogens with zero attached hydrogens (tertiary/aromatic N) is 1. The van der Waals surface area contributed by atoms with E-state index in [4.69, 9.17) is 0 Å². The van der Waals surface area contributed by atoms with Crippen molar-refractivity contribution < 1.29 is 4.92 Å². The van der Waals surface area contributed by atoms with Crippen molar-refractivity contribution >= 4 is 0 Å². The van der Waals surface area contributed by atoms with Crippen molar-refractivity contribution in [1.29, 1.82) is 0 Å². The predicted octanol–water partition coefficient (Wildman–Crippen LogP) is 4.67. The molecule has 0 rings (SSSR count). The molecule has 0 aromatic heterocycles. The fourth-order valence-corrected chi connectivity index (χ4v) is 2.64. The molecule has 0 amide bonds. The van der Waals surface area contributed by atoms with Crippen LogP contribution < -0.4 is 0 Å². The molecule has 0 fully saturated rings. The van der Waals surface area contributed by atoms with Crippen molar-refractivity contribution in [3.05, 3.63) is 10.1 Å². The van der Waals surface area contributed by atoms with Gasteiger partial charge in [-0.3, -0.25) is 10.1 Å². The molecular formula is C14H29NO2. The van der Waals surface area contributed by atoms with Crippen LogP contribution in [-0.4, -0.2) is 10.5 Å². The molecule has 0 aliphatic carbocycles. The van der Waals surface area contributed by atoms with E-state index in [1.54, 1.807) is 13.8 Å². The Morgan fingerprint density at radius 1 is 1.12 bits per heavy atom. The maximum absolute atomic E-state index is 11.0. The maximum Gasteiger partial charge on any atom is 0.217 e. The highest BCUT2D eigenvalue weighted by Crippen LogP contribution is 2.32. The van der Waals surface area contributed by atoms with E-state index in [1.165, 1.54) is 12.8 Å². The van der Waals surface area contributed by atoms with Crippen LogP contribution in [0.5, 0.6) is 0 Å². The second kappa shape index (κ2) is 7.67. The van der Waals surface area contributed by atoms with Crippen LogP contribution >= 0.6 is 0 Å². The minimum Gasteiger partial charge on any atom is -0.264 e. The Labute approximate surface area is 106 Å². The van der Waals surface area contributed by atoms with Crippen LogP contribution in [0.3, 0.4) is 0 Å². The van der Waals surface area contributed by atoms with E-state index in [9.17, 15) is 10.1 Å². The van der Waals surface area contributed by atoms with Gasteiger partial charge < -0.3 is 0 Å². The van der Waals surface area contributed by atoms with Gasteiger partial charge in [-0.05, 0) is 18.3 Å². The second-order valence-corrected chi connectivity index (χ2v) is 5.75. The number of nitro groups is 1. The van der Waals surface area contributed by atoms with Crippen LogP contribution in [0.4, 0.5) is 0 Å². The average Bonchev–Trinajstić information content (AvgIpc) is 2.26. The highest BCUT2D eigenvalue weighted by atomic mass is 16.6. The lowest BCUT2D eigenvalue weighted by molar-refractivity contribution is -0.563. The second-order valence-electron chi connectivity index (χ2n) is 5.75. The minimum atomic E-state index is -0.777. The first kappa shape index (κ1) is 16.4. The molecule has 102 valence electrons. The van der Waals surface area contributed by atoms with Gasteiger partial charge in [0.25, 0.3) is 0 Å². The summed E-state index contributed by atoms with van der Waals surface area (Å²) in [6, 6.07) is 0. The van der Waals surface area contributed by atoms with E-state index in [-0.39, 0.29) is 4.92 Å². The molecule has 17 heavy (non-hydrogen) atoms. The van der Waals surface area contributed by atoms with Gasteiger partial charge in [-0.15, -0.1) is 0 Å². The molecule has 0 aromatic rings. The highest BCUT2D eigenvalue weighted by molar-refractivity contribution is 4.77. The van der Waals surface area contributed by atoms with Gasteiger partial charge in [0.2, 0.25) is 5.54 Å². The van der Waals surface area contributed by atoms with Crippen molar-refractivity contribution in [1.82, 2.24) is 0 Å². The molecular weight excluding hydrogens is 214 g/mol. The summed E-state index contributed by atoms with van der Waals surface area (Å²) in [7, 11) is 0. The molecule has 3 nitrogen and oxygen atoms in total. The zero-order valence-corrected chi connectivity index (χ0v) is 12.2. The van der Waals surface area contributed by atoms with Crippen LogP contribution in [0.25, 0.3) is 0 Å². The molecule has 1 atom stereocenters. The van der Waals surface area contributed by atoms with Crippen molar-refractivity contribution in [3.8, 4) is 0 Å². The Bertz CT molecular complexity index is 222. The summed E-state index contributed by atoms with van der Waals surface area (Å²) < 4.78 is 0. The average molecular weight is 243 g/mol. The summed E-state index contributed by atoms with van der Waals surface area (Å²) in [4.78, 5) is 10.9. The van der Waals surface area contributed by atoms with E-state index < -0.39 is 5.54 Å². The third-order valence-electron chi connectivity index (χ3n) is 3.90. The zero-order chi connectivity index (χ0) is 13.5. The molecule has 0 saturated heterocycles. The quantitative estimate of drug-likeness (QED) is 0.436. The molecule has 0 spiro atoms. The van der Waals surface area contributed by atoms with Gasteiger partial charge in [0.15, 0.2) is 0 Å². The Kier molecular flexibility index (Phi) is 7.40. The fraction of sp³-hybridized carbons (Fsp3) is 1.00. The van der Waals surface area contributed by atoms with E-state index in [2.05, 4.69) is 20.8 Å². The normalized spacial score (nSPS) is 14.0. The molecule has 0 bridgehead atoms. The van der Waals surface area contributed by atoms with Crippen LogP contribution in [0.15, 0.2) is 0 Å². The van der Waals surface area contributed by atoms with Gasteiger partial charge in [0.05, 0.1) is 0 Å². The third kappa shape index (κ3) is 5.51. The lowest BCUT2D eigenvalue weighted by Crippen LogP contribution is -2.35. The molecule has 0 aromatic carbocycles. The topological polar surface area (TPSA) is 43.1 Å². The molecule has 0 aliphatic rings. The standard InChI is InChI=1S/C14H29NO2/c1-6-9-10-13(12(7-2)8-3)11-14(4,5)15(16)17/h12-13H,6-11H2,1-5H3. The number of rotatable bonds is 9. The van der Waals surface area contributed by atoms with Gasteiger partial charge in [0, 0.05) is 25.2 Å². The first-order chi connectivity index (χ1) is 7.88. The summed E-state index contributed by atoms with van der Waals surface area (Å²) >= 11 is 0. The van der Waals surface area contributed by atoms with E-state index in [1.807, 2.05) is 0 Å². The Morgan fingerprint density at radius 3 is 2.00 bits per heavy atom. The third-order valence-corrected chi connectivity index (χ3v) is 3.90. The fourth-order valence-electron chi connectivity index (χ4n) is 2.64. The maximum atomic E-state index is 11.0. The summed E-state index contributed by atoms with van der Waals surface area (Å²) in [6.07, 6.45) is 6.49. The molecule has 1 unspecified atom stereocenters. The van der Waals surface area contributed by atoms with E-state index >= 15 is 0 Å². The Hall–Kier alpha value is -0.600. The molecule has 0 heterocycles. The van der Waals surface area contributed by atoms with E-state index in [0.717, 1.165) is 19.3 Å². The first-order valence-corrected chi connectivity index (χ1v) is 7.03. The summed E-state index contributed by atoms with van der Waals surface area (Å²) in [5.74, 6) is 1.14. The first-order valence-electron chi connectivity index (χ1n) is 7.03. The molecule has 0 radical (unpaired) electrons. The Morgan fingerprint density at radius 2 is 1.65 bits per heavy atom. The molecule has 0 saturated carbocycles. The minimum absolute atomic E-state index is 0.117. The highest BCUT2D eigenvalue weighted by Gasteiger charge is 2.35. The van der Waals surface area contributed by atoms with Gasteiger partial charge in [-0.25, -0.2) is 0 Å². The lowest BCUT2D eigenvalue weighted by atomic mass is 9.77. The lowest BCUT2D eigenvalue weighted by Gasteiger charge is -2.29. The summed E-state index contributed by atoms with van der Waals surface area (Å²) in [6.45, 7) is 10.1. The van der Waals surface area contributed by atoms with Gasteiger partial charge in [-0.2, -0.15) is 0 Å².